The molecular formula is C41H52O24. The van der Waals surface area contributed by atoms with Gasteiger partial charge in [0.05, 0.1) is 31.5 Å². The molecule has 1 aromatic heterocycles. The molecule has 4 fully saturated rings. The van der Waals surface area contributed by atoms with Gasteiger partial charge in [0.25, 0.3) is 0 Å². The summed E-state index contributed by atoms with van der Waals surface area (Å²) in [4.78, 5) is 26.3. The number of ether oxygens (including phenoxy) is 9. The number of carbonyl (C=O) groups excluding carboxylic acids is 1. The number of carbonyl (C=O) groups is 1. The highest BCUT2D eigenvalue weighted by Gasteiger charge is 2.55. The Hall–Kier alpha value is -4.32. The Morgan fingerprint density at radius 2 is 1.37 bits per heavy atom. The second-order valence-electron chi connectivity index (χ2n) is 16.2. The van der Waals surface area contributed by atoms with Crippen LogP contribution in [-0.4, -0.2) is 197 Å². The average Bonchev–Trinajstić information content (AvgIpc) is 3.25. The van der Waals surface area contributed by atoms with Crippen LogP contribution in [0.3, 0.4) is 0 Å². The number of fused-ring (bicyclic) bond motifs is 1. The molecule has 65 heavy (non-hydrogen) atoms. The normalized spacial score (nSPS) is 38.9. The van der Waals surface area contributed by atoms with Crippen LogP contribution in [-0.2, 0) is 42.7 Å². The van der Waals surface area contributed by atoms with Gasteiger partial charge >= 0.3 is 5.97 Å². The van der Waals surface area contributed by atoms with Crippen molar-refractivity contribution in [1.29, 1.82) is 0 Å². The number of hydrogen-bond acceptors (Lipinski definition) is 24. The molecular weight excluding hydrogens is 876 g/mol. The van der Waals surface area contributed by atoms with E-state index in [1.165, 1.54) is 38.1 Å². The summed E-state index contributed by atoms with van der Waals surface area (Å²) >= 11 is 0. The van der Waals surface area contributed by atoms with Gasteiger partial charge in [-0.25, -0.2) is 0 Å². The summed E-state index contributed by atoms with van der Waals surface area (Å²) in [6.07, 6.45) is -32.3. The molecule has 0 bridgehead atoms. The molecule has 5 heterocycles. The van der Waals surface area contributed by atoms with Crippen LogP contribution in [0.2, 0.25) is 0 Å². The molecule has 4 aliphatic rings. The zero-order valence-electron chi connectivity index (χ0n) is 34.8. The van der Waals surface area contributed by atoms with Crippen molar-refractivity contribution in [2.45, 2.75) is 144 Å². The number of hydrogen-bond donors (Lipinski definition) is 12. The largest absolute Gasteiger partial charge is 0.508 e. The highest BCUT2D eigenvalue weighted by molar-refractivity contribution is 5.88. The molecule has 0 aliphatic carbocycles. The Bertz CT molecular complexity index is 2170. The average molecular weight is 929 g/mol. The first kappa shape index (κ1) is 48.6. The monoisotopic (exact) mass is 928 g/mol. The van der Waals surface area contributed by atoms with Gasteiger partial charge in [-0.1, -0.05) is 0 Å². The summed E-state index contributed by atoms with van der Waals surface area (Å²) < 4.78 is 59.1. The summed E-state index contributed by atoms with van der Waals surface area (Å²) in [5, 5.41) is 128. The minimum Gasteiger partial charge on any atom is -0.508 e. The fourth-order valence-electron chi connectivity index (χ4n) is 8.01. The summed E-state index contributed by atoms with van der Waals surface area (Å²) in [7, 11) is 0. The van der Waals surface area contributed by atoms with Crippen molar-refractivity contribution in [3.05, 3.63) is 46.6 Å². The van der Waals surface area contributed by atoms with E-state index in [0.717, 1.165) is 19.1 Å². The molecule has 0 saturated carbocycles. The van der Waals surface area contributed by atoms with Crippen LogP contribution in [0.15, 0.2) is 45.6 Å². The van der Waals surface area contributed by atoms with Crippen LogP contribution in [0.1, 0.15) is 27.2 Å². The predicted molar refractivity (Wildman–Crippen MR) is 211 cm³/mol. The molecule has 4 aliphatic heterocycles. The Balaban J connectivity index is 1.34. The third-order valence-corrected chi connectivity index (χ3v) is 11.5. The van der Waals surface area contributed by atoms with E-state index in [1.54, 1.807) is 0 Å². The number of phenolic OH excluding ortho intramolecular Hbond substituents is 3. The minimum absolute atomic E-state index is 0.0802. The van der Waals surface area contributed by atoms with Gasteiger partial charge < -0.3 is 108 Å². The molecule has 4 saturated heterocycles. The molecule has 0 radical (unpaired) electrons. The summed E-state index contributed by atoms with van der Waals surface area (Å²) in [5.74, 6) is -3.35. The van der Waals surface area contributed by atoms with Gasteiger partial charge in [-0.3, -0.25) is 9.59 Å². The fraction of sp³-hybridized carbons (Fsp3) is 0.610. The summed E-state index contributed by atoms with van der Waals surface area (Å²) in [6.45, 7) is 2.28. The highest BCUT2D eigenvalue weighted by atomic mass is 16.8. The summed E-state index contributed by atoms with van der Waals surface area (Å²) in [5.41, 5.74) is -1.32. The molecule has 0 spiro atoms. The zero-order chi connectivity index (χ0) is 47.2. The first-order chi connectivity index (χ1) is 30.8. The van der Waals surface area contributed by atoms with Crippen molar-refractivity contribution in [3.8, 4) is 34.3 Å². The van der Waals surface area contributed by atoms with Crippen LogP contribution in [0.4, 0.5) is 0 Å². The molecule has 0 amide bonds. The zero-order valence-corrected chi connectivity index (χ0v) is 34.8. The molecule has 3 aromatic rings. The Labute approximate surface area is 367 Å². The van der Waals surface area contributed by atoms with E-state index >= 15 is 0 Å². The molecule has 360 valence electrons. The van der Waals surface area contributed by atoms with Crippen molar-refractivity contribution >= 4 is 16.9 Å². The topological polar surface area (TPSA) is 373 Å². The van der Waals surface area contributed by atoms with Crippen molar-refractivity contribution < 1.29 is 113 Å². The van der Waals surface area contributed by atoms with E-state index in [9.17, 15) is 70.9 Å². The van der Waals surface area contributed by atoms with E-state index in [4.69, 9.17) is 47.0 Å². The van der Waals surface area contributed by atoms with Crippen molar-refractivity contribution in [1.82, 2.24) is 0 Å². The van der Waals surface area contributed by atoms with Gasteiger partial charge in [-0.15, -0.1) is 0 Å². The quantitative estimate of drug-likeness (QED) is 0.0800. The maximum absolute atomic E-state index is 14.5. The first-order valence-corrected chi connectivity index (χ1v) is 20.5. The minimum atomic E-state index is -2.07. The van der Waals surface area contributed by atoms with Gasteiger partial charge in [0.1, 0.15) is 89.3 Å². The lowest BCUT2D eigenvalue weighted by Gasteiger charge is -2.48. The van der Waals surface area contributed by atoms with Gasteiger partial charge in [-0.2, -0.15) is 0 Å². The molecule has 2 aromatic carbocycles. The van der Waals surface area contributed by atoms with E-state index in [0.29, 0.717) is 0 Å². The second kappa shape index (κ2) is 19.9. The molecule has 0 unspecified atom stereocenters. The van der Waals surface area contributed by atoms with Crippen molar-refractivity contribution in [2.24, 2.45) is 0 Å². The fourth-order valence-corrected chi connectivity index (χ4v) is 8.01. The number of aromatic hydroxyl groups is 3. The highest BCUT2D eigenvalue weighted by Crippen LogP contribution is 2.40. The van der Waals surface area contributed by atoms with E-state index in [1.807, 2.05) is 0 Å². The Kier molecular flexibility index (Phi) is 14.9. The SMILES string of the molecule is CC(=O)O[C@@H]1[C@@H](O)[C@@H](O)[C@H](O[C@H]2[C@H](Oc3c(-c4ccc(O)cc4)oc4cc(O)cc(O)c4c3=O)O[C@H](CO[C@@H]3O[C@@H](C)[C@H](O)[C@@H](O)[C@H]3O)[C@H](O)[C@@H]2O[C@H]2C[C@H](O)[C@@H](O)[C@@H](CO)O2)O[C@H]1C. The Morgan fingerprint density at radius 3 is 2.05 bits per heavy atom. The van der Waals surface area contributed by atoms with Gasteiger partial charge in [0.15, 0.2) is 36.8 Å². The van der Waals surface area contributed by atoms with Gasteiger partial charge in [0.2, 0.25) is 17.5 Å². The molecule has 24 heteroatoms. The lowest BCUT2D eigenvalue weighted by atomic mass is 9.96. The number of phenols is 3. The molecule has 12 N–H and O–H groups in total. The number of aliphatic hydroxyl groups excluding tert-OH is 9. The third kappa shape index (κ3) is 10.0. The van der Waals surface area contributed by atoms with E-state index in [2.05, 4.69) is 0 Å². The maximum atomic E-state index is 14.5. The van der Waals surface area contributed by atoms with Crippen molar-refractivity contribution in [3.63, 3.8) is 0 Å². The number of aliphatic hydroxyl groups is 9. The smallest absolute Gasteiger partial charge is 0.303 e. The predicted octanol–water partition coefficient (Wildman–Crippen LogP) is -3.12. The number of rotatable bonds is 12. The van der Waals surface area contributed by atoms with E-state index in [-0.39, 0.29) is 22.7 Å². The molecule has 7 rings (SSSR count). The maximum Gasteiger partial charge on any atom is 0.303 e. The number of esters is 1. The van der Waals surface area contributed by atoms with Crippen molar-refractivity contribution in [2.75, 3.05) is 13.2 Å². The lowest BCUT2D eigenvalue weighted by Crippen LogP contribution is -2.66. The van der Waals surface area contributed by atoms with Crippen LogP contribution in [0, 0.1) is 0 Å². The second-order valence-corrected chi connectivity index (χ2v) is 16.2. The Morgan fingerprint density at radius 1 is 0.692 bits per heavy atom. The van der Waals surface area contributed by atoms with Crippen LogP contribution in [0.5, 0.6) is 23.0 Å². The first-order valence-electron chi connectivity index (χ1n) is 20.5. The van der Waals surface area contributed by atoms with Crippen LogP contribution >= 0.6 is 0 Å². The lowest BCUT2D eigenvalue weighted by molar-refractivity contribution is -0.378. The summed E-state index contributed by atoms with van der Waals surface area (Å²) in [6, 6.07) is 7.02. The van der Waals surface area contributed by atoms with Crippen LogP contribution < -0.4 is 10.2 Å². The van der Waals surface area contributed by atoms with Gasteiger partial charge in [0, 0.05) is 31.0 Å². The van der Waals surface area contributed by atoms with Crippen LogP contribution in [0.25, 0.3) is 22.3 Å². The number of benzene rings is 2. The molecule has 24 nitrogen and oxygen atoms in total. The van der Waals surface area contributed by atoms with E-state index < -0.39 is 170 Å². The third-order valence-electron chi connectivity index (χ3n) is 11.5. The molecule has 19 atom stereocenters. The van der Waals surface area contributed by atoms with Gasteiger partial charge in [-0.05, 0) is 38.1 Å². The standard InChI is InChI=1S/C41H52O24/c1-13-26(48)30(52)32(54)39(57-13)56-12-23-28(50)36(63-24-10-20(47)27(49)22(11-42)60-24)38(65-40-33(55)31(53)34(14(2)58-40)59-15(3)43)41(62-23)64-37-29(51)25-19(46)8-18(45)9-21(25)61-35(37)16-4-6-17(44)7-5-16/h4-9,13-14,20,22-24,26-28,30-34,36,38-42,44-50,52-55H,10-12H2,1-3H3/t13-,14-,20-,22+,23+,24-,26-,27+,28-,30+,31-,32+,33+,34-,36-,38+,39+,40-,41-/m0/s1.